The molecule has 0 aromatic heterocycles. The minimum Gasteiger partial charge on any atom is -0.493 e. The summed E-state index contributed by atoms with van der Waals surface area (Å²) in [6.45, 7) is 4.12. The Balaban J connectivity index is 1.60. The molecule has 1 fully saturated rings. The molecular weight excluding hydrogens is 294 g/mol. The molecule has 0 bridgehead atoms. The minimum atomic E-state index is -0.181. The van der Waals surface area contributed by atoms with Gasteiger partial charge in [0.2, 0.25) is 5.91 Å². The molecule has 0 saturated carbocycles. The molecule has 0 spiro atoms. The van der Waals surface area contributed by atoms with Crippen molar-refractivity contribution in [3.63, 3.8) is 0 Å². The Kier molecular flexibility index (Phi) is 4.84. The maximum absolute atomic E-state index is 12.5. The van der Waals surface area contributed by atoms with Crippen LogP contribution >= 0.6 is 0 Å². The SMILES string of the molecule is CCOC(=O)C1CCCN(C(=O)Cc2ccc3c(c2)CCO3)C1. The van der Waals surface area contributed by atoms with Gasteiger partial charge in [0.05, 0.1) is 25.6 Å². The lowest BCUT2D eigenvalue weighted by molar-refractivity contribution is -0.151. The predicted molar refractivity (Wildman–Crippen MR) is 85.3 cm³/mol. The maximum atomic E-state index is 12.5. The average molecular weight is 317 g/mol. The van der Waals surface area contributed by atoms with E-state index in [2.05, 4.69) is 6.07 Å². The van der Waals surface area contributed by atoms with Crippen molar-refractivity contribution < 1.29 is 19.1 Å². The molecule has 1 unspecified atom stereocenters. The minimum absolute atomic E-state index is 0.0814. The quantitative estimate of drug-likeness (QED) is 0.797. The lowest BCUT2D eigenvalue weighted by atomic mass is 9.97. The van der Waals surface area contributed by atoms with Gasteiger partial charge in [0.1, 0.15) is 5.75 Å². The highest BCUT2D eigenvalue weighted by Gasteiger charge is 2.29. The molecule has 1 aromatic rings. The van der Waals surface area contributed by atoms with Crippen LogP contribution in [0, 0.1) is 5.92 Å². The van der Waals surface area contributed by atoms with Crippen molar-refractivity contribution in [2.24, 2.45) is 5.92 Å². The van der Waals surface area contributed by atoms with E-state index >= 15 is 0 Å². The van der Waals surface area contributed by atoms with E-state index in [1.165, 1.54) is 5.56 Å². The van der Waals surface area contributed by atoms with Crippen molar-refractivity contribution in [2.45, 2.75) is 32.6 Å². The number of hydrogen-bond donors (Lipinski definition) is 0. The third kappa shape index (κ3) is 3.66. The highest BCUT2D eigenvalue weighted by atomic mass is 16.5. The number of nitrogens with zero attached hydrogens (tertiary/aromatic N) is 1. The van der Waals surface area contributed by atoms with Gasteiger partial charge < -0.3 is 14.4 Å². The van der Waals surface area contributed by atoms with E-state index in [4.69, 9.17) is 9.47 Å². The fourth-order valence-electron chi connectivity index (χ4n) is 3.29. The summed E-state index contributed by atoms with van der Waals surface area (Å²) in [6, 6.07) is 5.96. The lowest BCUT2D eigenvalue weighted by Crippen LogP contribution is -2.43. The van der Waals surface area contributed by atoms with Gasteiger partial charge in [-0.2, -0.15) is 0 Å². The number of amides is 1. The smallest absolute Gasteiger partial charge is 0.310 e. The molecule has 2 heterocycles. The standard InChI is InChI=1S/C18H23NO4/c1-2-22-18(21)15-4-3-8-19(12-15)17(20)11-13-5-6-16-14(10-13)7-9-23-16/h5-6,10,15H,2-4,7-9,11-12H2,1H3. The van der Waals surface area contributed by atoms with Crippen molar-refractivity contribution in [1.29, 1.82) is 0 Å². The number of hydrogen-bond acceptors (Lipinski definition) is 4. The van der Waals surface area contributed by atoms with Gasteiger partial charge in [-0.05, 0) is 37.0 Å². The second-order valence-electron chi connectivity index (χ2n) is 6.15. The van der Waals surface area contributed by atoms with Gasteiger partial charge in [-0.25, -0.2) is 0 Å². The van der Waals surface area contributed by atoms with Crippen LogP contribution < -0.4 is 4.74 Å². The Morgan fingerprint density at radius 1 is 1.39 bits per heavy atom. The second kappa shape index (κ2) is 7.02. The van der Waals surface area contributed by atoms with E-state index < -0.39 is 0 Å². The van der Waals surface area contributed by atoms with E-state index in [0.717, 1.165) is 43.7 Å². The van der Waals surface area contributed by atoms with Gasteiger partial charge in [0.15, 0.2) is 0 Å². The summed E-state index contributed by atoms with van der Waals surface area (Å²) in [5, 5.41) is 0. The molecule has 5 nitrogen and oxygen atoms in total. The number of esters is 1. The van der Waals surface area contributed by atoms with Crippen LogP contribution in [0.2, 0.25) is 0 Å². The number of benzene rings is 1. The Morgan fingerprint density at radius 3 is 3.09 bits per heavy atom. The predicted octanol–water partition coefficient (Wildman–Crippen LogP) is 1.97. The molecular formula is C18H23NO4. The summed E-state index contributed by atoms with van der Waals surface area (Å²) in [7, 11) is 0. The van der Waals surface area contributed by atoms with E-state index in [9.17, 15) is 9.59 Å². The first-order valence-electron chi connectivity index (χ1n) is 8.36. The summed E-state index contributed by atoms with van der Waals surface area (Å²) >= 11 is 0. The molecule has 1 atom stereocenters. The highest BCUT2D eigenvalue weighted by molar-refractivity contribution is 5.80. The van der Waals surface area contributed by atoms with E-state index in [-0.39, 0.29) is 17.8 Å². The third-order valence-corrected chi connectivity index (χ3v) is 4.50. The molecule has 0 N–H and O–H groups in total. The molecule has 0 radical (unpaired) electrons. The largest absolute Gasteiger partial charge is 0.493 e. The number of fused-ring (bicyclic) bond motifs is 1. The first-order chi connectivity index (χ1) is 11.2. The van der Waals surface area contributed by atoms with Crippen molar-refractivity contribution in [3.05, 3.63) is 29.3 Å². The molecule has 1 saturated heterocycles. The van der Waals surface area contributed by atoms with Crippen LogP contribution in [0.4, 0.5) is 0 Å². The number of ether oxygens (including phenoxy) is 2. The fourth-order valence-corrected chi connectivity index (χ4v) is 3.29. The average Bonchev–Trinajstić information content (AvgIpc) is 3.03. The van der Waals surface area contributed by atoms with E-state index in [0.29, 0.717) is 19.6 Å². The molecule has 2 aliphatic rings. The number of rotatable bonds is 4. The Bertz CT molecular complexity index is 599. The van der Waals surface area contributed by atoms with Crippen LogP contribution in [-0.2, 0) is 27.2 Å². The summed E-state index contributed by atoms with van der Waals surface area (Å²) in [4.78, 5) is 26.2. The van der Waals surface area contributed by atoms with Crippen molar-refractivity contribution >= 4 is 11.9 Å². The fraction of sp³-hybridized carbons (Fsp3) is 0.556. The zero-order chi connectivity index (χ0) is 16.2. The van der Waals surface area contributed by atoms with Gasteiger partial charge in [0.25, 0.3) is 0 Å². The summed E-state index contributed by atoms with van der Waals surface area (Å²) < 4.78 is 10.6. The van der Waals surface area contributed by atoms with Crippen molar-refractivity contribution in [1.82, 2.24) is 4.90 Å². The van der Waals surface area contributed by atoms with Gasteiger partial charge in [0, 0.05) is 19.5 Å². The highest BCUT2D eigenvalue weighted by Crippen LogP contribution is 2.26. The molecule has 1 amide bonds. The van der Waals surface area contributed by atoms with Crippen molar-refractivity contribution in [3.8, 4) is 5.75 Å². The molecule has 124 valence electrons. The second-order valence-corrected chi connectivity index (χ2v) is 6.15. The topological polar surface area (TPSA) is 55.8 Å². The van der Waals surface area contributed by atoms with Gasteiger partial charge in [-0.15, -0.1) is 0 Å². The monoisotopic (exact) mass is 317 g/mol. The lowest BCUT2D eigenvalue weighted by Gasteiger charge is -2.31. The van der Waals surface area contributed by atoms with Gasteiger partial charge >= 0.3 is 5.97 Å². The zero-order valence-corrected chi connectivity index (χ0v) is 13.5. The van der Waals surface area contributed by atoms with Gasteiger partial charge in [-0.1, -0.05) is 12.1 Å². The maximum Gasteiger partial charge on any atom is 0.310 e. The first kappa shape index (κ1) is 15.8. The Hall–Kier alpha value is -2.04. The van der Waals surface area contributed by atoms with E-state index in [1.54, 1.807) is 11.8 Å². The molecule has 3 rings (SSSR count). The van der Waals surface area contributed by atoms with Gasteiger partial charge in [-0.3, -0.25) is 9.59 Å². The molecule has 2 aliphatic heterocycles. The molecule has 23 heavy (non-hydrogen) atoms. The van der Waals surface area contributed by atoms with Crippen LogP contribution in [-0.4, -0.2) is 43.1 Å². The Labute approximate surface area is 136 Å². The first-order valence-corrected chi connectivity index (χ1v) is 8.36. The van der Waals surface area contributed by atoms with Crippen LogP contribution in [0.3, 0.4) is 0 Å². The van der Waals surface area contributed by atoms with Crippen LogP contribution in [0.5, 0.6) is 5.75 Å². The molecule has 1 aromatic carbocycles. The van der Waals surface area contributed by atoms with Crippen molar-refractivity contribution in [2.75, 3.05) is 26.3 Å². The normalized spacial score (nSPS) is 19.9. The number of carbonyl (C=O) groups is 2. The van der Waals surface area contributed by atoms with Crippen LogP contribution in [0.1, 0.15) is 30.9 Å². The summed E-state index contributed by atoms with van der Waals surface area (Å²) in [5.74, 6) is 0.653. The molecule has 5 heteroatoms. The Morgan fingerprint density at radius 2 is 2.26 bits per heavy atom. The molecule has 0 aliphatic carbocycles. The summed E-state index contributed by atoms with van der Waals surface area (Å²) in [6.07, 6.45) is 2.95. The van der Waals surface area contributed by atoms with Crippen LogP contribution in [0.15, 0.2) is 18.2 Å². The van der Waals surface area contributed by atoms with Crippen LogP contribution in [0.25, 0.3) is 0 Å². The van der Waals surface area contributed by atoms with E-state index in [1.807, 2.05) is 12.1 Å². The third-order valence-electron chi connectivity index (χ3n) is 4.50. The number of likely N-dealkylation sites (tertiary alicyclic amines) is 1. The number of carbonyl (C=O) groups excluding carboxylic acids is 2. The summed E-state index contributed by atoms with van der Waals surface area (Å²) in [5.41, 5.74) is 2.19. The zero-order valence-electron chi connectivity index (χ0n) is 13.5. The number of piperidine rings is 1.